The molecule has 5 heterocycles. The Bertz CT molecular complexity index is 1450. The summed E-state index contributed by atoms with van der Waals surface area (Å²) in [5.74, 6) is -7.98. The van der Waals surface area contributed by atoms with Gasteiger partial charge in [0.1, 0.15) is 12.0 Å². The zero-order valence-corrected chi connectivity index (χ0v) is 19.0. The van der Waals surface area contributed by atoms with Crippen molar-refractivity contribution in [3.05, 3.63) is 65.9 Å². The van der Waals surface area contributed by atoms with Crippen LogP contribution in [0.1, 0.15) is 29.2 Å². The quantitative estimate of drug-likeness (QED) is 0.264. The second kappa shape index (κ2) is 8.70. The van der Waals surface area contributed by atoms with Crippen LogP contribution in [0.4, 0.5) is 17.6 Å². The molecule has 1 N–H and O–H groups in total. The number of amides is 1. The van der Waals surface area contributed by atoms with Crippen molar-refractivity contribution in [2.24, 2.45) is 0 Å². The summed E-state index contributed by atoms with van der Waals surface area (Å²) >= 11 is 0. The first kappa shape index (κ1) is 22.7. The first-order valence-electron chi connectivity index (χ1n) is 11.6. The molecule has 0 saturated carbocycles. The number of carbonyl (C=O) groups is 1. The number of hydrogen-bond acceptors (Lipinski definition) is 5. The van der Waals surface area contributed by atoms with Crippen molar-refractivity contribution in [3.63, 3.8) is 0 Å². The SMILES string of the molecule is O=C(c1cc(F)c(F)c(F)c1F)N1CCC(N2CC(n3cc(-c4ncnc5[nH]ccc45)cn3)C2)CC1. The smallest absolute Gasteiger partial charge is 0.257 e. The maximum Gasteiger partial charge on any atom is 0.257 e. The van der Waals surface area contributed by atoms with Gasteiger partial charge in [-0.1, -0.05) is 0 Å². The lowest BCUT2D eigenvalue weighted by molar-refractivity contribution is 0.0196. The number of hydrogen-bond donors (Lipinski definition) is 1. The van der Waals surface area contributed by atoms with E-state index >= 15 is 0 Å². The predicted molar refractivity (Wildman–Crippen MR) is 121 cm³/mol. The molecule has 186 valence electrons. The number of fused-ring (bicyclic) bond motifs is 1. The highest BCUT2D eigenvalue weighted by Gasteiger charge is 2.37. The van der Waals surface area contributed by atoms with Crippen LogP contribution in [-0.4, -0.2) is 72.7 Å². The number of nitrogens with one attached hydrogen (secondary N) is 1. The third-order valence-electron chi connectivity index (χ3n) is 7.09. The molecule has 3 aromatic heterocycles. The van der Waals surface area contributed by atoms with Gasteiger partial charge in [-0.2, -0.15) is 5.10 Å². The highest BCUT2D eigenvalue weighted by molar-refractivity contribution is 5.94. The molecule has 6 rings (SSSR count). The minimum atomic E-state index is -1.97. The van der Waals surface area contributed by atoms with Crippen molar-refractivity contribution >= 4 is 16.9 Å². The average Bonchev–Trinajstić information content (AvgIpc) is 3.54. The molecule has 0 atom stereocenters. The number of likely N-dealkylation sites (tertiary alicyclic amines) is 2. The number of aromatic nitrogens is 5. The minimum absolute atomic E-state index is 0.209. The standard InChI is InChI=1S/C24H21F4N7O/c25-18-7-17(19(26)21(28)20(18)27)24(36)33-5-2-14(3-6-33)34-10-15(11-34)35-9-13(8-32-35)22-16-1-4-29-23(16)31-12-30-22/h1,4,7-9,12,14-15H,2-3,5-6,10-11H2,(H,29,30,31). The van der Waals surface area contributed by atoms with Gasteiger partial charge in [-0.15, -0.1) is 0 Å². The number of carbonyl (C=O) groups excluding carboxylic acids is 1. The topological polar surface area (TPSA) is 82.9 Å². The fourth-order valence-corrected chi connectivity index (χ4v) is 5.05. The molecule has 0 unspecified atom stereocenters. The largest absolute Gasteiger partial charge is 0.346 e. The summed E-state index contributed by atoms with van der Waals surface area (Å²) in [6.45, 7) is 2.23. The van der Waals surface area contributed by atoms with Crippen molar-refractivity contribution in [1.29, 1.82) is 0 Å². The van der Waals surface area contributed by atoms with Crippen molar-refractivity contribution in [3.8, 4) is 11.3 Å². The summed E-state index contributed by atoms with van der Waals surface area (Å²) in [6, 6.07) is 2.79. The maximum atomic E-state index is 14.0. The molecule has 1 aromatic carbocycles. The zero-order chi connectivity index (χ0) is 25.0. The molecule has 12 heteroatoms. The lowest BCUT2D eigenvalue weighted by atomic mass is 9.97. The Morgan fingerprint density at radius 3 is 2.56 bits per heavy atom. The molecule has 4 aromatic rings. The summed E-state index contributed by atoms with van der Waals surface area (Å²) in [6.07, 6.45) is 8.40. The van der Waals surface area contributed by atoms with Gasteiger partial charge in [0.2, 0.25) is 0 Å². The Labute approximate surface area is 202 Å². The van der Waals surface area contributed by atoms with E-state index < -0.39 is 34.7 Å². The van der Waals surface area contributed by atoms with Crippen LogP contribution in [0.5, 0.6) is 0 Å². The third kappa shape index (κ3) is 3.72. The lowest BCUT2D eigenvalue weighted by Crippen LogP contribution is -2.56. The Morgan fingerprint density at radius 1 is 1.00 bits per heavy atom. The van der Waals surface area contributed by atoms with Crippen molar-refractivity contribution in [2.45, 2.75) is 24.9 Å². The van der Waals surface area contributed by atoms with E-state index in [4.69, 9.17) is 0 Å². The van der Waals surface area contributed by atoms with Crippen LogP contribution in [-0.2, 0) is 0 Å². The van der Waals surface area contributed by atoms with Crippen LogP contribution in [0, 0.1) is 23.3 Å². The second-order valence-corrected chi connectivity index (χ2v) is 9.15. The van der Waals surface area contributed by atoms with Crippen LogP contribution in [0.25, 0.3) is 22.3 Å². The van der Waals surface area contributed by atoms with Crippen LogP contribution in [0.3, 0.4) is 0 Å². The van der Waals surface area contributed by atoms with Gasteiger partial charge in [0.05, 0.1) is 23.5 Å². The number of benzene rings is 1. The van der Waals surface area contributed by atoms with Crippen molar-refractivity contribution in [1.82, 2.24) is 34.5 Å². The van der Waals surface area contributed by atoms with E-state index in [2.05, 4.69) is 25.0 Å². The van der Waals surface area contributed by atoms with Gasteiger partial charge in [0, 0.05) is 55.6 Å². The predicted octanol–water partition coefficient (Wildman–Crippen LogP) is 3.54. The monoisotopic (exact) mass is 499 g/mol. The van der Waals surface area contributed by atoms with Gasteiger partial charge in [0.15, 0.2) is 23.3 Å². The molecule has 2 aliphatic rings. The van der Waals surface area contributed by atoms with E-state index in [1.165, 1.54) is 11.2 Å². The summed E-state index contributed by atoms with van der Waals surface area (Å²) in [4.78, 5) is 28.0. The van der Waals surface area contributed by atoms with Gasteiger partial charge in [-0.05, 0) is 25.0 Å². The lowest BCUT2D eigenvalue weighted by Gasteiger charge is -2.47. The van der Waals surface area contributed by atoms with E-state index in [9.17, 15) is 22.4 Å². The Hall–Kier alpha value is -3.80. The number of halogens is 4. The highest BCUT2D eigenvalue weighted by Crippen LogP contribution is 2.31. The number of aromatic amines is 1. The summed E-state index contributed by atoms with van der Waals surface area (Å²) < 4.78 is 56.3. The first-order valence-corrected chi connectivity index (χ1v) is 11.6. The van der Waals surface area contributed by atoms with E-state index in [1.54, 1.807) is 6.20 Å². The summed E-state index contributed by atoms with van der Waals surface area (Å²) in [5.41, 5.74) is 1.71. The summed E-state index contributed by atoms with van der Waals surface area (Å²) in [7, 11) is 0. The molecular weight excluding hydrogens is 478 g/mol. The minimum Gasteiger partial charge on any atom is -0.346 e. The van der Waals surface area contributed by atoms with Gasteiger partial charge in [-0.25, -0.2) is 27.5 Å². The third-order valence-corrected chi connectivity index (χ3v) is 7.09. The molecule has 0 aliphatic carbocycles. The van der Waals surface area contributed by atoms with E-state index in [0.29, 0.717) is 32.0 Å². The van der Waals surface area contributed by atoms with E-state index in [0.717, 1.165) is 35.4 Å². The van der Waals surface area contributed by atoms with Crippen LogP contribution in [0.2, 0.25) is 0 Å². The van der Waals surface area contributed by atoms with Gasteiger partial charge in [0.25, 0.3) is 5.91 Å². The molecule has 2 saturated heterocycles. The van der Waals surface area contributed by atoms with Crippen molar-refractivity contribution < 1.29 is 22.4 Å². The maximum absolute atomic E-state index is 14.0. The van der Waals surface area contributed by atoms with Crippen LogP contribution < -0.4 is 0 Å². The van der Waals surface area contributed by atoms with Gasteiger partial charge in [-0.3, -0.25) is 14.4 Å². The number of H-pyrrole nitrogens is 1. The zero-order valence-electron chi connectivity index (χ0n) is 19.0. The molecular formula is C24H21F4N7O. The molecule has 0 radical (unpaired) electrons. The molecule has 0 bridgehead atoms. The van der Waals surface area contributed by atoms with E-state index in [-0.39, 0.29) is 12.1 Å². The highest BCUT2D eigenvalue weighted by atomic mass is 19.2. The Balaban J connectivity index is 1.06. The van der Waals surface area contributed by atoms with Gasteiger partial charge < -0.3 is 9.88 Å². The molecule has 36 heavy (non-hydrogen) atoms. The van der Waals surface area contributed by atoms with Gasteiger partial charge >= 0.3 is 0 Å². The molecule has 2 fully saturated rings. The first-order chi connectivity index (χ1) is 17.4. The van der Waals surface area contributed by atoms with Crippen molar-refractivity contribution in [2.75, 3.05) is 26.2 Å². The Morgan fingerprint density at radius 2 is 1.78 bits per heavy atom. The number of nitrogens with zero attached hydrogens (tertiary/aromatic N) is 6. The Kier molecular flexibility index (Phi) is 5.47. The van der Waals surface area contributed by atoms with E-state index in [1.807, 2.05) is 23.1 Å². The van der Waals surface area contributed by atoms with Crippen LogP contribution in [0.15, 0.2) is 37.1 Å². The molecule has 0 spiro atoms. The average molecular weight is 499 g/mol. The number of piperidine rings is 1. The molecule has 1 amide bonds. The number of rotatable bonds is 4. The molecule has 8 nitrogen and oxygen atoms in total. The fourth-order valence-electron chi connectivity index (χ4n) is 5.05. The molecule has 2 aliphatic heterocycles. The normalized spacial score (nSPS) is 17.6. The summed E-state index contributed by atoms with van der Waals surface area (Å²) in [5, 5.41) is 5.46. The van der Waals surface area contributed by atoms with Crippen LogP contribution >= 0.6 is 0 Å². The second-order valence-electron chi connectivity index (χ2n) is 9.15. The fraction of sp³-hybridized carbons (Fsp3) is 0.333.